The summed E-state index contributed by atoms with van der Waals surface area (Å²) in [5.41, 5.74) is 1.82. The zero-order chi connectivity index (χ0) is 17.0. The lowest BCUT2D eigenvalue weighted by molar-refractivity contribution is 0.169. The second-order valence-corrected chi connectivity index (χ2v) is 8.84. The normalized spacial score (nSPS) is 26.9. The Morgan fingerprint density at radius 3 is 2.33 bits per heavy atom. The first-order valence-corrected chi connectivity index (χ1v) is 10.4. The second-order valence-electron chi connectivity index (χ2n) is 8.84. The molecule has 0 spiro atoms. The van der Waals surface area contributed by atoms with Crippen molar-refractivity contribution in [2.75, 3.05) is 0 Å². The molecule has 0 aromatic heterocycles. The second kappa shape index (κ2) is 7.89. The fourth-order valence-corrected chi connectivity index (χ4v) is 5.45. The number of unbranched alkanes of at least 4 members (excludes halogenated alkanes) is 4. The minimum absolute atomic E-state index is 0.287. The molecule has 0 aliphatic heterocycles. The third kappa shape index (κ3) is 3.79. The summed E-state index contributed by atoms with van der Waals surface area (Å²) in [6.45, 7) is 7.33. The molecular formula is C24H36. The van der Waals surface area contributed by atoms with Crippen LogP contribution in [0, 0.1) is 23.7 Å². The molecule has 2 aliphatic rings. The van der Waals surface area contributed by atoms with Crippen LogP contribution in [0.5, 0.6) is 0 Å². The zero-order valence-corrected chi connectivity index (χ0v) is 16.0. The average molecular weight is 325 g/mol. The van der Waals surface area contributed by atoms with E-state index in [-0.39, 0.29) is 5.41 Å². The fraction of sp³-hybridized carbons (Fsp3) is 0.667. The highest BCUT2D eigenvalue weighted by Gasteiger charge is 2.45. The van der Waals surface area contributed by atoms with Crippen molar-refractivity contribution in [2.45, 2.75) is 77.6 Å². The number of rotatable bonds is 9. The highest BCUT2D eigenvalue weighted by molar-refractivity contribution is 5.26. The highest BCUT2D eigenvalue weighted by atomic mass is 14.5. The Hall–Kier alpha value is -1.04. The van der Waals surface area contributed by atoms with E-state index in [0.717, 1.165) is 23.7 Å². The van der Waals surface area contributed by atoms with E-state index in [1.54, 1.807) is 0 Å². The van der Waals surface area contributed by atoms with Crippen molar-refractivity contribution >= 4 is 0 Å². The van der Waals surface area contributed by atoms with E-state index in [0.29, 0.717) is 0 Å². The van der Waals surface area contributed by atoms with Gasteiger partial charge in [-0.25, -0.2) is 0 Å². The molecule has 1 saturated carbocycles. The molecule has 0 heteroatoms. The van der Waals surface area contributed by atoms with Crippen LogP contribution in [0.4, 0.5) is 0 Å². The van der Waals surface area contributed by atoms with Crippen LogP contribution in [-0.2, 0) is 5.41 Å². The van der Waals surface area contributed by atoms with Crippen LogP contribution >= 0.6 is 0 Å². The Balaban J connectivity index is 1.73. The van der Waals surface area contributed by atoms with Crippen molar-refractivity contribution in [3.63, 3.8) is 0 Å². The van der Waals surface area contributed by atoms with Gasteiger partial charge < -0.3 is 0 Å². The molecule has 1 fully saturated rings. The zero-order valence-electron chi connectivity index (χ0n) is 16.0. The van der Waals surface area contributed by atoms with Gasteiger partial charge in [0.2, 0.25) is 0 Å². The first-order valence-electron chi connectivity index (χ1n) is 10.4. The van der Waals surface area contributed by atoms with E-state index in [1.165, 1.54) is 56.9 Å². The van der Waals surface area contributed by atoms with Crippen molar-refractivity contribution in [3.05, 3.63) is 48.0 Å². The summed E-state index contributed by atoms with van der Waals surface area (Å²) in [4.78, 5) is 0. The molecule has 132 valence electrons. The maximum Gasteiger partial charge on any atom is -0.00725 e. The van der Waals surface area contributed by atoms with Gasteiger partial charge in [-0.15, -0.1) is 0 Å². The summed E-state index contributed by atoms with van der Waals surface area (Å²) in [6.07, 6.45) is 16.3. The molecule has 1 aromatic rings. The van der Waals surface area contributed by atoms with Gasteiger partial charge in [-0.1, -0.05) is 95.4 Å². The monoisotopic (exact) mass is 324 g/mol. The Labute approximate surface area is 149 Å². The summed E-state index contributed by atoms with van der Waals surface area (Å²) in [7, 11) is 0. The molecule has 4 atom stereocenters. The van der Waals surface area contributed by atoms with Gasteiger partial charge in [0, 0.05) is 0 Å². The van der Waals surface area contributed by atoms with Gasteiger partial charge in [-0.3, -0.25) is 0 Å². The lowest BCUT2D eigenvalue weighted by atomic mass is 9.63. The summed E-state index contributed by atoms with van der Waals surface area (Å²) < 4.78 is 0. The summed E-state index contributed by atoms with van der Waals surface area (Å²) in [6, 6.07) is 11.3. The minimum atomic E-state index is 0.287. The number of hydrogen-bond acceptors (Lipinski definition) is 0. The van der Waals surface area contributed by atoms with Gasteiger partial charge in [0.25, 0.3) is 0 Å². The lowest BCUT2D eigenvalue weighted by Crippen LogP contribution is -2.36. The molecule has 0 radical (unpaired) electrons. The smallest absolute Gasteiger partial charge is 0.00725 e. The van der Waals surface area contributed by atoms with Gasteiger partial charge in [-0.05, 0) is 53.9 Å². The Morgan fingerprint density at radius 2 is 1.71 bits per heavy atom. The van der Waals surface area contributed by atoms with E-state index < -0.39 is 0 Å². The van der Waals surface area contributed by atoms with Gasteiger partial charge >= 0.3 is 0 Å². The lowest BCUT2D eigenvalue weighted by Gasteiger charge is -2.41. The van der Waals surface area contributed by atoms with Gasteiger partial charge in [-0.2, -0.15) is 0 Å². The van der Waals surface area contributed by atoms with Gasteiger partial charge in [0.1, 0.15) is 0 Å². The van der Waals surface area contributed by atoms with E-state index in [9.17, 15) is 0 Å². The first kappa shape index (κ1) is 17.8. The molecule has 0 saturated heterocycles. The topological polar surface area (TPSA) is 0 Å². The number of allylic oxidation sites excluding steroid dienone is 2. The Bertz CT molecular complexity index is 524. The standard InChI is InChI=1S/C24H36/c1-4-5-6-7-11-14-23(22-18-19-15-16-20(22)17-19)24(2,3)21-12-9-8-10-13-21/h8-10,12-13,15-16,19-20,22-23H,4-7,11,14,17-18H2,1-3H3. The molecule has 4 unspecified atom stereocenters. The van der Waals surface area contributed by atoms with Crippen molar-refractivity contribution in [2.24, 2.45) is 23.7 Å². The van der Waals surface area contributed by atoms with Gasteiger partial charge in [0.05, 0.1) is 0 Å². The SMILES string of the molecule is CCCCCCCC(C1CC2C=CC1C2)C(C)(C)c1ccccc1. The molecule has 24 heavy (non-hydrogen) atoms. The largest absolute Gasteiger partial charge is 0.0851 e. The van der Waals surface area contributed by atoms with Crippen molar-refractivity contribution in [3.8, 4) is 0 Å². The molecule has 0 heterocycles. The van der Waals surface area contributed by atoms with Crippen LogP contribution < -0.4 is 0 Å². The first-order chi connectivity index (χ1) is 11.6. The number of benzene rings is 1. The quantitative estimate of drug-likeness (QED) is 0.334. The molecule has 2 bridgehead atoms. The van der Waals surface area contributed by atoms with E-state index in [4.69, 9.17) is 0 Å². The Morgan fingerprint density at radius 1 is 0.958 bits per heavy atom. The van der Waals surface area contributed by atoms with Crippen LogP contribution in [0.2, 0.25) is 0 Å². The molecule has 2 aliphatic carbocycles. The highest BCUT2D eigenvalue weighted by Crippen LogP contribution is 2.53. The van der Waals surface area contributed by atoms with Crippen LogP contribution in [0.1, 0.15) is 77.7 Å². The molecular weight excluding hydrogens is 288 g/mol. The summed E-state index contributed by atoms with van der Waals surface area (Å²) in [5, 5.41) is 0. The predicted octanol–water partition coefficient (Wildman–Crippen LogP) is 7.15. The molecule has 3 rings (SSSR count). The van der Waals surface area contributed by atoms with Crippen molar-refractivity contribution < 1.29 is 0 Å². The molecule has 0 N–H and O–H groups in total. The van der Waals surface area contributed by atoms with Crippen LogP contribution in [0.15, 0.2) is 42.5 Å². The van der Waals surface area contributed by atoms with E-state index in [1.807, 2.05) is 0 Å². The van der Waals surface area contributed by atoms with Crippen LogP contribution in [0.3, 0.4) is 0 Å². The van der Waals surface area contributed by atoms with E-state index >= 15 is 0 Å². The van der Waals surface area contributed by atoms with Crippen molar-refractivity contribution in [1.29, 1.82) is 0 Å². The van der Waals surface area contributed by atoms with Crippen LogP contribution in [-0.4, -0.2) is 0 Å². The maximum atomic E-state index is 2.55. The van der Waals surface area contributed by atoms with Gasteiger partial charge in [0.15, 0.2) is 0 Å². The maximum absolute atomic E-state index is 2.55. The average Bonchev–Trinajstić information content (AvgIpc) is 3.22. The minimum Gasteiger partial charge on any atom is -0.0851 e. The third-order valence-electron chi connectivity index (χ3n) is 6.91. The fourth-order valence-electron chi connectivity index (χ4n) is 5.45. The van der Waals surface area contributed by atoms with Crippen LogP contribution in [0.25, 0.3) is 0 Å². The molecule has 0 amide bonds. The predicted molar refractivity (Wildman–Crippen MR) is 105 cm³/mol. The molecule has 0 nitrogen and oxygen atoms in total. The summed E-state index contributed by atoms with van der Waals surface area (Å²) >= 11 is 0. The molecule has 1 aromatic carbocycles. The van der Waals surface area contributed by atoms with E-state index in [2.05, 4.69) is 63.3 Å². The summed E-state index contributed by atoms with van der Waals surface area (Å²) in [5.74, 6) is 3.47. The van der Waals surface area contributed by atoms with Crippen molar-refractivity contribution in [1.82, 2.24) is 0 Å². The third-order valence-corrected chi connectivity index (χ3v) is 6.91. The Kier molecular flexibility index (Phi) is 5.85. The number of fused-ring (bicyclic) bond motifs is 2. The number of hydrogen-bond donors (Lipinski definition) is 0.